The SMILES string of the molecule is CN(C)C(=O)CNC(=O)c1ccc(N)cc1. The topological polar surface area (TPSA) is 75.4 Å². The minimum absolute atomic E-state index is 0.00376. The fraction of sp³-hybridized carbons (Fsp3) is 0.273. The van der Waals surface area contributed by atoms with E-state index in [9.17, 15) is 9.59 Å². The zero-order chi connectivity index (χ0) is 12.1. The molecule has 0 saturated heterocycles. The second-order valence-electron chi connectivity index (χ2n) is 3.59. The number of likely N-dealkylation sites (N-methyl/N-ethyl adjacent to an activating group) is 1. The van der Waals surface area contributed by atoms with Gasteiger partial charge in [-0.15, -0.1) is 0 Å². The van der Waals surface area contributed by atoms with Crippen molar-refractivity contribution in [3.05, 3.63) is 29.8 Å². The molecule has 0 aromatic heterocycles. The number of nitrogens with two attached hydrogens (primary N) is 1. The van der Waals surface area contributed by atoms with Crippen LogP contribution in [0.25, 0.3) is 0 Å². The number of rotatable bonds is 3. The summed E-state index contributed by atoms with van der Waals surface area (Å²) in [6.45, 7) is -0.00376. The Labute approximate surface area is 94.2 Å². The van der Waals surface area contributed by atoms with Crippen LogP contribution in [0.2, 0.25) is 0 Å². The molecule has 1 aromatic carbocycles. The molecule has 1 aromatic rings. The Morgan fingerprint density at radius 2 is 1.81 bits per heavy atom. The van der Waals surface area contributed by atoms with E-state index in [4.69, 9.17) is 5.73 Å². The molecule has 0 unspecified atom stereocenters. The molecule has 0 bridgehead atoms. The molecule has 0 aliphatic heterocycles. The third-order valence-corrected chi connectivity index (χ3v) is 2.07. The van der Waals surface area contributed by atoms with Crippen LogP contribution < -0.4 is 11.1 Å². The average molecular weight is 221 g/mol. The molecular weight excluding hydrogens is 206 g/mol. The molecule has 2 amide bonds. The van der Waals surface area contributed by atoms with Gasteiger partial charge in [0.25, 0.3) is 5.91 Å². The summed E-state index contributed by atoms with van der Waals surface area (Å²) in [5.74, 6) is -0.431. The second-order valence-corrected chi connectivity index (χ2v) is 3.59. The summed E-state index contributed by atoms with van der Waals surface area (Å²) in [4.78, 5) is 24.2. The Hall–Kier alpha value is -2.04. The third kappa shape index (κ3) is 3.27. The molecule has 0 spiro atoms. The monoisotopic (exact) mass is 221 g/mol. The highest BCUT2D eigenvalue weighted by Gasteiger charge is 2.08. The molecule has 0 radical (unpaired) electrons. The molecule has 0 heterocycles. The first kappa shape index (κ1) is 12.0. The molecule has 3 N–H and O–H groups in total. The second kappa shape index (κ2) is 5.16. The van der Waals surface area contributed by atoms with Crippen LogP contribution in [-0.2, 0) is 4.79 Å². The van der Waals surface area contributed by atoms with Crippen LogP contribution in [0.5, 0.6) is 0 Å². The molecule has 0 aliphatic carbocycles. The standard InChI is InChI=1S/C11H15N3O2/c1-14(2)10(15)7-13-11(16)8-3-5-9(12)6-4-8/h3-6H,7,12H2,1-2H3,(H,13,16). The summed E-state index contributed by atoms with van der Waals surface area (Å²) in [6, 6.07) is 6.51. The van der Waals surface area contributed by atoms with Gasteiger partial charge in [-0.25, -0.2) is 0 Å². The highest BCUT2D eigenvalue weighted by atomic mass is 16.2. The smallest absolute Gasteiger partial charge is 0.251 e. The lowest BCUT2D eigenvalue weighted by Crippen LogP contribution is -2.36. The van der Waals surface area contributed by atoms with Crippen molar-refractivity contribution in [2.24, 2.45) is 0 Å². The third-order valence-electron chi connectivity index (χ3n) is 2.07. The fourth-order valence-corrected chi connectivity index (χ4v) is 1.05. The summed E-state index contributed by atoms with van der Waals surface area (Å²) in [5.41, 5.74) is 6.58. The maximum absolute atomic E-state index is 11.6. The van der Waals surface area contributed by atoms with Crippen molar-refractivity contribution < 1.29 is 9.59 Å². The summed E-state index contributed by atoms with van der Waals surface area (Å²) in [5, 5.41) is 2.53. The van der Waals surface area contributed by atoms with Crippen LogP contribution in [0.15, 0.2) is 24.3 Å². The maximum atomic E-state index is 11.6. The van der Waals surface area contributed by atoms with Crippen LogP contribution >= 0.6 is 0 Å². The Balaban J connectivity index is 2.53. The van der Waals surface area contributed by atoms with E-state index in [1.807, 2.05) is 0 Å². The maximum Gasteiger partial charge on any atom is 0.251 e. The van der Waals surface area contributed by atoms with Gasteiger partial charge >= 0.3 is 0 Å². The van der Waals surface area contributed by atoms with Crippen molar-refractivity contribution in [3.63, 3.8) is 0 Å². The molecule has 5 heteroatoms. The molecule has 0 aliphatic rings. The number of carbonyl (C=O) groups excluding carboxylic acids is 2. The number of amides is 2. The number of carbonyl (C=O) groups is 2. The van der Waals surface area contributed by atoms with E-state index in [-0.39, 0.29) is 18.4 Å². The van der Waals surface area contributed by atoms with Gasteiger partial charge in [0.15, 0.2) is 0 Å². The van der Waals surface area contributed by atoms with Gasteiger partial charge in [0, 0.05) is 25.3 Å². The van der Waals surface area contributed by atoms with Crippen LogP contribution in [0.4, 0.5) is 5.69 Å². The van der Waals surface area contributed by atoms with Crippen LogP contribution in [0.1, 0.15) is 10.4 Å². The average Bonchev–Trinajstić information content (AvgIpc) is 2.26. The van der Waals surface area contributed by atoms with Gasteiger partial charge in [0.1, 0.15) is 0 Å². The van der Waals surface area contributed by atoms with E-state index in [1.165, 1.54) is 4.90 Å². The first-order chi connectivity index (χ1) is 7.50. The normalized spacial score (nSPS) is 9.62. The quantitative estimate of drug-likeness (QED) is 0.710. The van der Waals surface area contributed by atoms with Gasteiger partial charge < -0.3 is 16.0 Å². The predicted molar refractivity (Wildman–Crippen MR) is 61.9 cm³/mol. The lowest BCUT2D eigenvalue weighted by molar-refractivity contribution is -0.127. The van der Waals surface area contributed by atoms with Crippen LogP contribution in [0.3, 0.4) is 0 Å². The predicted octanol–water partition coefficient (Wildman–Crippen LogP) is 0.0868. The highest BCUT2D eigenvalue weighted by Crippen LogP contribution is 2.04. The number of benzene rings is 1. The summed E-state index contributed by atoms with van der Waals surface area (Å²) >= 11 is 0. The summed E-state index contributed by atoms with van der Waals surface area (Å²) in [7, 11) is 3.27. The molecule has 1 rings (SSSR count). The van der Waals surface area contributed by atoms with E-state index < -0.39 is 0 Å². The first-order valence-electron chi connectivity index (χ1n) is 4.84. The van der Waals surface area contributed by atoms with E-state index in [0.717, 1.165) is 0 Å². The van der Waals surface area contributed by atoms with Gasteiger partial charge in [-0.2, -0.15) is 0 Å². The number of hydrogen-bond acceptors (Lipinski definition) is 3. The van der Waals surface area contributed by atoms with Gasteiger partial charge in [-0.1, -0.05) is 0 Å². The van der Waals surface area contributed by atoms with Gasteiger partial charge in [-0.3, -0.25) is 9.59 Å². The lowest BCUT2D eigenvalue weighted by Gasteiger charge is -2.10. The molecule has 86 valence electrons. The van der Waals surface area contributed by atoms with Crippen LogP contribution in [-0.4, -0.2) is 37.4 Å². The van der Waals surface area contributed by atoms with Crippen molar-refractivity contribution in [1.29, 1.82) is 0 Å². The van der Waals surface area contributed by atoms with Crippen molar-refractivity contribution in [2.75, 3.05) is 26.4 Å². The van der Waals surface area contributed by atoms with Crippen molar-refractivity contribution in [2.45, 2.75) is 0 Å². The fourth-order valence-electron chi connectivity index (χ4n) is 1.05. The Kier molecular flexibility index (Phi) is 3.88. The summed E-state index contributed by atoms with van der Waals surface area (Å²) in [6.07, 6.45) is 0. The molecule has 0 fully saturated rings. The molecule has 5 nitrogen and oxygen atoms in total. The van der Waals surface area contributed by atoms with Crippen molar-refractivity contribution in [1.82, 2.24) is 10.2 Å². The van der Waals surface area contributed by atoms with Crippen molar-refractivity contribution >= 4 is 17.5 Å². The van der Waals surface area contributed by atoms with Gasteiger partial charge in [-0.05, 0) is 24.3 Å². The number of nitrogen functional groups attached to an aromatic ring is 1. The first-order valence-corrected chi connectivity index (χ1v) is 4.84. The van der Waals surface area contributed by atoms with Gasteiger partial charge in [0.2, 0.25) is 5.91 Å². The lowest BCUT2D eigenvalue weighted by atomic mass is 10.2. The van der Waals surface area contributed by atoms with E-state index >= 15 is 0 Å². The zero-order valence-electron chi connectivity index (χ0n) is 9.36. The molecular formula is C11H15N3O2. The number of nitrogens with zero attached hydrogens (tertiary/aromatic N) is 1. The van der Waals surface area contributed by atoms with Crippen LogP contribution in [0, 0.1) is 0 Å². The van der Waals surface area contributed by atoms with E-state index in [2.05, 4.69) is 5.32 Å². The Bertz CT molecular complexity index is 385. The molecule has 0 atom stereocenters. The molecule has 16 heavy (non-hydrogen) atoms. The largest absolute Gasteiger partial charge is 0.399 e. The Morgan fingerprint density at radius 1 is 1.25 bits per heavy atom. The zero-order valence-corrected chi connectivity index (χ0v) is 9.36. The van der Waals surface area contributed by atoms with E-state index in [0.29, 0.717) is 11.3 Å². The minimum atomic E-state index is -0.282. The van der Waals surface area contributed by atoms with Gasteiger partial charge in [0.05, 0.1) is 6.54 Å². The highest BCUT2D eigenvalue weighted by molar-refractivity contribution is 5.96. The Morgan fingerprint density at radius 3 is 2.31 bits per heavy atom. The summed E-state index contributed by atoms with van der Waals surface area (Å²) < 4.78 is 0. The number of nitrogens with one attached hydrogen (secondary N) is 1. The number of anilines is 1. The minimum Gasteiger partial charge on any atom is -0.399 e. The number of hydrogen-bond donors (Lipinski definition) is 2. The van der Waals surface area contributed by atoms with E-state index in [1.54, 1.807) is 38.4 Å². The van der Waals surface area contributed by atoms with Crippen molar-refractivity contribution in [3.8, 4) is 0 Å². The molecule has 0 saturated carbocycles.